The van der Waals surface area contributed by atoms with Crippen LogP contribution in [-0.2, 0) is 0 Å². The fraction of sp³-hybridized carbons (Fsp3) is 0.111. The summed E-state index contributed by atoms with van der Waals surface area (Å²) in [5, 5.41) is 2.05. The molecule has 17 heavy (non-hydrogen) atoms. The van der Waals surface area contributed by atoms with Crippen LogP contribution < -0.4 is 21.5 Å². The largest absolute Gasteiger partial charge is 0.435 e. The van der Waals surface area contributed by atoms with Crippen molar-refractivity contribution < 1.29 is 18.3 Å². The summed E-state index contributed by atoms with van der Waals surface area (Å²) in [4.78, 5) is 14.2. The lowest BCUT2D eigenvalue weighted by Gasteiger charge is -2.04. The van der Waals surface area contributed by atoms with Crippen LogP contribution >= 0.6 is 0 Å². The highest BCUT2D eigenvalue weighted by Crippen LogP contribution is 2.19. The first-order chi connectivity index (χ1) is 7.97. The molecular weight excluding hydrogens is 234 g/mol. The molecule has 1 rings (SSSR count). The SMILES string of the molecule is NC(=O)N/C(N)=N\c1ccc(OC(F)F)cc1. The second kappa shape index (κ2) is 5.64. The van der Waals surface area contributed by atoms with Gasteiger partial charge in [-0.3, -0.25) is 5.32 Å². The molecule has 0 saturated heterocycles. The lowest BCUT2D eigenvalue weighted by molar-refractivity contribution is -0.0498. The maximum atomic E-state index is 11.8. The van der Waals surface area contributed by atoms with Gasteiger partial charge in [-0.25, -0.2) is 9.79 Å². The normalized spacial score (nSPS) is 11.4. The Morgan fingerprint density at radius 2 is 1.88 bits per heavy atom. The standard InChI is InChI=1S/C9H10F2N4O2/c10-7(11)17-6-3-1-5(2-4-6)14-8(12)15-9(13)16/h1-4,7H,(H5,12,13,14,15,16). The molecule has 0 aliphatic carbocycles. The van der Waals surface area contributed by atoms with E-state index < -0.39 is 12.6 Å². The Hall–Kier alpha value is -2.38. The number of halogens is 2. The minimum atomic E-state index is -2.88. The van der Waals surface area contributed by atoms with Gasteiger partial charge in [0.15, 0.2) is 0 Å². The number of alkyl halides is 2. The van der Waals surface area contributed by atoms with E-state index >= 15 is 0 Å². The number of carbonyl (C=O) groups is 1. The fourth-order valence-corrected chi connectivity index (χ4v) is 0.995. The van der Waals surface area contributed by atoms with Crippen LogP contribution in [0.2, 0.25) is 0 Å². The molecule has 6 nitrogen and oxygen atoms in total. The van der Waals surface area contributed by atoms with E-state index in [1.54, 1.807) is 0 Å². The molecule has 0 saturated carbocycles. The van der Waals surface area contributed by atoms with Crippen molar-refractivity contribution in [2.75, 3.05) is 0 Å². The second-order valence-corrected chi connectivity index (χ2v) is 2.86. The monoisotopic (exact) mass is 244 g/mol. The van der Waals surface area contributed by atoms with Gasteiger partial charge in [-0.05, 0) is 24.3 Å². The molecule has 0 atom stereocenters. The Kier molecular flexibility index (Phi) is 4.21. The van der Waals surface area contributed by atoms with Crippen LogP contribution in [0.4, 0.5) is 19.3 Å². The molecule has 0 aromatic heterocycles. The number of amides is 2. The van der Waals surface area contributed by atoms with Crippen molar-refractivity contribution in [1.82, 2.24) is 5.32 Å². The summed E-state index contributed by atoms with van der Waals surface area (Å²) in [6, 6.07) is 4.54. The molecule has 0 aliphatic heterocycles. The van der Waals surface area contributed by atoms with Crippen LogP contribution in [0.15, 0.2) is 29.3 Å². The van der Waals surface area contributed by atoms with Crippen LogP contribution in [0, 0.1) is 0 Å². The number of benzene rings is 1. The van der Waals surface area contributed by atoms with E-state index in [1.165, 1.54) is 24.3 Å². The van der Waals surface area contributed by atoms with Crippen LogP contribution in [0.1, 0.15) is 0 Å². The van der Waals surface area contributed by atoms with Crippen molar-refractivity contribution >= 4 is 17.7 Å². The van der Waals surface area contributed by atoms with Crippen molar-refractivity contribution in [3.8, 4) is 5.75 Å². The number of guanidine groups is 1. The molecule has 0 radical (unpaired) electrons. The average Bonchev–Trinajstić information content (AvgIpc) is 2.18. The van der Waals surface area contributed by atoms with Gasteiger partial charge in [-0.15, -0.1) is 0 Å². The first-order valence-corrected chi connectivity index (χ1v) is 4.43. The number of ether oxygens (including phenoxy) is 1. The maximum absolute atomic E-state index is 11.8. The molecule has 5 N–H and O–H groups in total. The molecule has 0 heterocycles. The van der Waals surface area contributed by atoms with Gasteiger partial charge in [0, 0.05) is 0 Å². The molecule has 0 unspecified atom stereocenters. The van der Waals surface area contributed by atoms with Crippen molar-refractivity contribution in [3.05, 3.63) is 24.3 Å². The fourth-order valence-electron chi connectivity index (χ4n) is 0.995. The lowest BCUT2D eigenvalue weighted by atomic mass is 10.3. The summed E-state index contributed by atoms with van der Waals surface area (Å²) >= 11 is 0. The van der Waals surface area contributed by atoms with Crippen LogP contribution in [0.5, 0.6) is 5.75 Å². The Morgan fingerprint density at radius 1 is 1.29 bits per heavy atom. The predicted octanol–water partition coefficient (Wildman–Crippen LogP) is 0.903. The Labute approximate surface area is 95.3 Å². The van der Waals surface area contributed by atoms with Gasteiger partial charge < -0.3 is 16.2 Å². The van der Waals surface area contributed by atoms with Crippen LogP contribution in [0.3, 0.4) is 0 Å². The molecule has 92 valence electrons. The number of hydrogen-bond acceptors (Lipinski definition) is 3. The van der Waals surface area contributed by atoms with E-state index in [-0.39, 0.29) is 11.7 Å². The summed E-state index contributed by atoms with van der Waals surface area (Å²) < 4.78 is 27.8. The molecular formula is C9H10F2N4O2. The highest BCUT2D eigenvalue weighted by molar-refractivity contribution is 5.95. The molecule has 0 spiro atoms. The molecule has 8 heteroatoms. The van der Waals surface area contributed by atoms with E-state index in [2.05, 4.69) is 15.0 Å². The summed E-state index contributed by atoms with van der Waals surface area (Å²) in [6.45, 7) is -2.88. The zero-order valence-electron chi connectivity index (χ0n) is 8.56. The van der Waals surface area contributed by atoms with Gasteiger partial charge in [0.25, 0.3) is 0 Å². The van der Waals surface area contributed by atoms with E-state index in [0.29, 0.717) is 5.69 Å². The van der Waals surface area contributed by atoms with Gasteiger partial charge >= 0.3 is 12.6 Å². The van der Waals surface area contributed by atoms with Gasteiger partial charge in [0.05, 0.1) is 5.69 Å². The lowest BCUT2D eigenvalue weighted by Crippen LogP contribution is -2.39. The van der Waals surface area contributed by atoms with Crippen molar-refractivity contribution in [2.45, 2.75) is 6.61 Å². The third-order valence-electron chi connectivity index (χ3n) is 1.56. The van der Waals surface area contributed by atoms with Gasteiger partial charge in [0.2, 0.25) is 5.96 Å². The minimum Gasteiger partial charge on any atom is -0.435 e. The minimum absolute atomic E-state index is 0.000354. The van der Waals surface area contributed by atoms with Crippen LogP contribution in [-0.4, -0.2) is 18.6 Å². The van der Waals surface area contributed by atoms with E-state index in [4.69, 9.17) is 11.5 Å². The van der Waals surface area contributed by atoms with E-state index in [9.17, 15) is 13.6 Å². The van der Waals surface area contributed by atoms with Crippen molar-refractivity contribution in [2.24, 2.45) is 16.5 Å². The maximum Gasteiger partial charge on any atom is 0.387 e. The smallest absolute Gasteiger partial charge is 0.387 e. The second-order valence-electron chi connectivity index (χ2n) is 2.86. The average molecular weight is 244 g/mol. The molecule has 0 fully saturated rings. The number of carbonyl (C=O) groups excluding carboxylic acids is 1. The predicted molar refractivity (Wildman–Crippen MR) is 57.1 cm³/mol. The van der Waals surface area contributed by atoms with Crippen molar-refractivity contribution in [1.29, 1.82) is 0 Å². The quantitative estimate of drug-likeness (QED) is 0.543. The first kappa shape index (κ1) is 12.7. The summed E-state index contributed by atoms with van der Waals surface area (Å²) in [6.07, 6.45) is 0. The van der Waals surface area contributed by atoms with E-state index in [0.717, 1.165) is 0 Å². The summed E-state index contributed by atoms with van der Waals surface area (Å²) in [5.74, 6) is -0.194. The number of nitrogens with one attached hydrogen (secondary N) is 1. The van der Waals surface area contributed by atoms with Gasteiger partial charge in [0.1, 0.15) is 5.75 Å². The Balaban J connectivity index is 2.70. The van der Waals surface area contributed by atoms with Crippen molar-refractivity contribution in [3.63, 3.8) is 0 Å². The zero-order valence-corrected chi connectivity index (χ0v) is 8.56. The molecule has 1 aromatic rings. The first-order valence-electron chi connectivity index (χ1n) is 4.43. The molecule has 1 aromatic carbocycles. The molecule has 0 bridgehead atoms. The number of hydrogen-bond donors (Lipinski definition) is 3. The Morgan fingerprint density at radius 3 is 2.35 bits per heavy atom. The van der Waals surface area contributed by atoms with Gasteiger partial charge in [-0.1, -0.05) is 0 Å². The highest BCUT2D eigenvalue weighted by Gasteiger charge is 2.03. The number of nitrogens with two attached hydrogens (primary N) is 2. The number of rotatable bonds is 3. The third kappa shape index (κ3) is 4.78. The highest BCUT2D eigenvalue weighted by atomic mass is 19.3. The van der Waals surface area contributed by atoms with Gasteiger partial charge in [-0.2, -0.15) is 8.78 Å². The summed E-state index contributed by atoms with van der Waals surface area (Å²) in [5.41, 5.74) is 10.5. The third-order valence-corrected chi connectivity index (χ3v) is 1.56. The number of urea groups is 1. The molecule has 2 amide bonds. The number of nitrogens with zero attached hydrogens (tertiary/aromatic N) is 1. The van der Waals surface area contributed by atoms with E-state index in [1.807, 2.05) is 0 Å². The Bertz CT molecular complexity index is 420. The number of primary amides is 1. The topological polar surface area (TPSA) is 103 Å². The molecule has 0 aliphatic rings. The number of aliphatic imine (C=N–C) groups is 1. The summed E-state index contributed by atoms with van der Waals surface area (Å²) in [7, 11) is 0. The zero-order chi connectivity index (χ0) is 12.8. The van der Waals surface area contributed by atoms with Crippen LogP contribution in [0.25, 0.3) is 0 Å².